The first kappa shape index (κ1) is 16.6. The number of aliphatic imine (C=N–C) groups is 1. The lowest BCUT2D eigenvalue weighted by molar-refractivity contribution is 0.415. The molecule has 0 atom stereocenters. The number of anilines is 1. The zero-order valence-electron chi connectivity index (χ0n) is 13.4. The standard InChI is InChI=1S/C18H19ClFN3O/c1-24-14-4-2-3-13(10-14)23-17(21)22-11-18(7-8-18)15-6-5-12(20)9-16(15)19/h2-6,9-10H,7-8,11H2,1H3,(H3,21,22,23). The van der Waals surface area contributed by atoms with E-state index in [4.69, 9.17) is 22.1 Å². The van der Waals surface area contributed by atoms with Crippen LogP contribution in [0.15, 0.2) is 47.5 Å². The minimum atomic E-state index is -0.331. The van der Waals surface area contributed by atoms with E-state index in [1.54, 1.807) is 13.2 Å². The summed E-state index contributed by atoms with van der Waals surface area (Å²) in [7, 11) is 1.61. The second kappa shape index (κ2) is 6.69. The molecule has 0 aromatic heterocycles. The number of hydrogen-bond donors (Lipinski definition) is 2. The van der Waals surface area contributed by atoms with Crippen molar-refractivity contribution >= 4 is 23.2 Å². The van der Waals surface area contributed by atoms with E-state index >= 15 is 0 Å². The Hall–Kier alpha value is -2.27. The highest BCUT2D eigenvalue weighted by Crippen LogP contribution is 2.50. The van der Waals surface area contributed by atoms with Crippen molar-refractivity contribution < 1.29 is 9.13 Å². The van der Waals surface area contributed by atoms with E-state index in [0.717, 1.165) is 29.8 Å². The van der Waals surface area contributed by atoms with Crippen molar-refractivity contribution in [1.29, 1.82) is 0 Å². The summed E-state index contributed by atoms with van der Waals surface area (Å²) in [6.07, 6.45) is 1.93. The highest BCUT2D eigenvalue weighted by Gasteiger charge is 2.45. The van der Waals surface area contributed by atoms with Gasteiger partial charge in [0.1, 0.15) is 11.6 Å². The molecule has 0 bridgehead atoms. The smallest absolute Gasteiger partial charge is 0.193 e. The van der Waals surface area contributed by atoms with Crippen LogP contribution in [-0.4, -0.2) is 19.6 Å². The topological polar surface area (TPSA) is 59.6 Å². The van der Waals surface area contributed by atoms with Crippen LogP contribution in [-0.2, 0) is 5.41 Å². The molecule has 4 nitrogen and oxygen atoms in total. The van der Waals surface area contributed by atoms with E-state index in [1.807, 2.05) is 24.3 Å². The number of rotatable bonds is 5. The molecule has 24 heavy (non-hydrogen) atoms. The van der Waals surface area contributed by atoms with E-state index in [-0.39, 0.29) is 11.2 Å². The molecule has 1 saturated carbocycles. The predicted octanol–water partition coefficient (Wildman–Crippen LogP) is 3.95. The van der Waals surface area contributed by atoms with E-state index in [9.17, 15) is 4.39 Å². The Labute approximate surface area is 145 Å². The molecule has 0 heterocycles. The van der Waals surface area contributed by atoms with E-state index in [0.29, 0.717) is 17.5 Å². The lowest BCUT2D eigenvalue weighted by atomic mass is 9.96. The third-order valence-corrected chi connectivity index (χ3v) is 4.56. The number of hydrogen-bond acceptors (Lipinski definition) is 2. The summed E-state index contributed by atoms with van der Waals surface area (Å²) in [6, 6.07) is 12.0. The van der Waals surface area contributed by atoms with Gasteiger partial charge >= 0.3 is 0 Å². The average Bonchev–Trinajstić information content (AvgIpc) is 3.34. The molecule has 1 aliphatic rings. The molecular weight excluding hydrogens is 329 g/mol. The number of ether oxygens (including phenoxy) is 1. The van der Waals surface area contributed by atoms with E-state index < -0.39 is 0 Å². The molecule has 6 heteroatoms. The number of guanidine groups is 1. The van der Waals surface area contributed by atoms with Gasteiger partial charge in [0.15, 0.2) is 5.96 Å². The summed E-state index contributed by atoms with van der Waals surface area (Å²) < 4.78 is 18.4. The first-order valence-electron chi connectivity index (χ1n) is 7.69. The molecule has 3 N–H and O–H groups in total. The summed E-state index contributed by atoms with van der Waals surface area (Å²) >= 11 is 6.18. The van der Waals surface area contributed by atoms with Gasteiger partial charge < -0.3 is 15.8 Å². The van der Waals surface area contributed by atoms with Gasteiger partial charge in [0.05, 0.1) is 13.7 Å². The van der Waals surface area contributed by atoms with E-state index in [2.05, 4.69) is 10.3 Å². The van der Waals surface area contributed by atoms with Crippen LogP contribution >= 0.6 is 11.6 Å². The molecule has 2 aromatic carbocycles. The van der Waals surface area contributed by atoms with E-state index in [1.165, 1.54) is 12.1 Å². The largest absolute Gasteiger partial charge is 0.497 e. The van der Waals surface area contributed by atoms with Gasteiger partial charge in [-0.05, 0) is 42.7 Å². The summed E-state index contributed by atoms with van der Waals surface area (Å²) in [5.74, 6) is 0.736. The third-order valence-electron chi connectivity index (χ3n) is 4.25. The van der Waals surface area contributed by atoms with Crippen molar-refractivity contribution in [2.45, 2.75) is 18.3 Å². The van der Waals surface area contributed by atoms with Crippen molar-refractivity contribution in [1.82, 2.24) is 0 Å². The summed E-state index contributed by atoms with van der Waals surface area (Å²) in [4.78, 5) is 4.44. The van der Waals surface area contributed by atoms with Crippen LogP contribution < -0.4 is 15.8 Å². The first-order valence-corrected chi connectivity index (χ1v) is 8.07. The number of nitrogens with zero attached hydrogens (tertiary/aromatic N) is 1. The Morgan fingerprint density at radius 1 is 1.33 bits per heavy atom. The highest BCUT2D eigenvalue weighted by molar-refractivity contribution is 6.31. The van der Waals surface area contributed by atoms with Crippen LogP contribution in [0.25, 0.3) is 0 Å². The number of nitrogens with two attached hydrogens (primary N) is 1. The van der Waals surface area contributed by atoms with Crippen LogP contribution in [0.3, 0.4) is 0 Å². The Morgan fingerprint density at radius 2 is 2.12 bits per heavy atom. The molecule has 3 rings (SSSR count). The van der Waals surface area contributed by atoms with Crippen molar-refractivity contribution in [2.24, 2.45) is 10.7 Å². The molecule has 1 fully saturated rings. The average molecular weight is 348 g/mol. The molecule has 1 aliphatic carbocycles. The quantitative estimate of drug-likeness (QED) is 0.636. The normalized spacial score (nSPS) is 15.9. The Bertz CT molecular complexity index is 775. The molecule has 0 unspecified atom stereocenters. The van der Waals surface area contributed by atoms with Gasteiger partial charge in [-0.1, -0.05) is 23.7 Å². The maximum atomic E-state index is 13.2. The molecular formula is C18H19ClFN3O. The second-order valence-electron chi connectivity index (χ2n) is 5.96. The summed E-state index contributed by atoms with van der Waals surface area (Å²) in [5, 5.41) is 3.49. The number of halogens is 2. The lowest BCUT2D eigenvalue weighted by Gasteiger charge is -2.15. The van der Waals surface area contributed by atoms with Crippen molar-refractivity contribution in [3.05, 3.63) is 58.9 Å². The van der Waals surface area contributed by atoms with Crippen molar-refractivity contribution in [2.75, 3.05) is 19.0 Å². The predicted molar refractivity (Wildman–Crippen MR) is 95.4 cm³/mol. The molecule has 126 valence electrons. The van der Waals surface area contributed by atoms with Gasteiger partial charge in [-0.2, -0.15) is 0 Å². The van der Waals surface area contributed by atoms with Gasteiger partial charge in [0.25, 0.3) is 0 Å². The number of benzene rings is 2. The molecule has 0 aliphatic heterocycles. The molecule has 0 radical (unpaired) electrons. The van der Waals surface area contributed by atoms with Crippen LogP contribution in [0.5, 0.6) is 5.75 Å². The van der Waals surface area contributed by atoms with Gasteiger partial charge in [-0.15, -0.1) is 0 Å². The van der Waals surface area contributed by atoms with Crippen LogP contribution in [0.4, 0.5) is 10.1 Å². The number of methoxy groups -OCH3 is 1. The maximum absolute atomic E-state index is 13.2. The maximum Gasteiger partial charge on any atom is 0.193 e. The molecule has 0 spiro atoms. The Kier molecular flexibility index (Phi) is 4.62. The SMILES string of the molecule is COc1cccc(NC(N)=NCC2(c3ccc(F)cc3Cl)CC2)c1. The fourth-order valence-corrected chi connectivity index (χ4v) is 3.08. The molecule has 0 amide bonds. The number of nitrogens with one attached hydrogen (secondary N) is 1. The highest BCUT2D eigenvalue weighted by atomic mass is 35.5. The third kappa shape index (κ3) is 3.62. The minimum absolute atomic E-state index is 0.133. The molecule has 2 aromatic rings. The Balaban J connectivity index is 1.70. The first-order chi connectivity index (χ1) is 11.5. The second-order valence-corrected chi connectivity index (χ2v) is 6.37. The van der Waals surface area contributed by atoms with Crippen LogP contribution in [0.1, 0.15) is 18.4 Å². The van der Waals surface area contributed by atoms with Gasteiger partial charge in [0.2, 0.25) is 0 Å². The summed E-state index contributed by atoms with van der Waals surface area (Å²) in [5.41, 5.74) is 7.58. The van der Waals surface area contributed by atoms with Gasteiger partial charge in [-0.3, -0.25) is 4.99 Å². The lowest BCUT2D eigenvalue weighted by Crippen LogP contribution is -2.25. The van der Waals surface area contributed by atoms with Crippen LogP contribution in [0, 0.1) is 5.82 Å². The summed E-state index contributed by atoms with van der Waals surface area (Å²) in [6.45, 7) is 0.515. The zero-order valence-corrected chi connectivity index (χ0v) is 14.1. The van der Waals surface area contributed by atoms with Gasteiger partial charge in [0, 0.05) is 22.2 Å². The van der Waals surface area contributed by atoms with Crippen molar-refractivity contribution in [3.8, 4) is 5.75 Å². The van der Waals surface area contributed by atoms with Gasteiger partial charge in [-0.25, -0.2) is 4.39 Å². The fourth-order valence-electron chi connectivity index (χ4n) is 2.71. The fraction of sp³-hybridized carbons (Fsp3) is 0.278. The monoisotopic (exact) mass is 347 g/mol. The Morgan fingerprint density at radius 3 is 2.79 bits per heavy atom. The van der Waals surface area contributed by atoms with Crippen LogP contribution in [0.2, 0.25) is 5.02 Å². The minimum Gasteiger partial charge on any atom is -0.497 e. The van der Waals surface area contributed by atoms with Crippen molar-refractivity contribution in [3.63, 3.8) is 0 Å². The zero-order chi connectivity index (χ0) is 17.2. The molecule has 0 saturated heterocycles.